The Hall–Kier alpha value is -3.13. The molecule has 1 amide bonds. The summed E-state index contributed by atoms with van der Waals surface area (Å²) < 4.78 is 28.3. The molecule has 7 nitrogen and oxygen atoms in total. The van der Waals surface area contributed by atoms with Gasteiger partial charge in [0.05, 0.1) is 27.1 Å². The van der Waals surface area contributed by atoms with Crippen LogP contribution in [0.25, 0.3) is 0 Å². The highest BCUT2D eigenvalue weighted by atomic mass is 32.2. The number of aromatic nitrogens is 2. The fraction of sp³-hybridized carbons (Fsp3) is 0.385. The largest absolute Gasteiger partial charge is 0.342 e. The molecule has 1 saturated carbocycles. The molecule has 2 aliphatic rings. The third kappa shape index (κ3) is 4.11. The number of hydrogen-bond acceptors (Lipinski definition) is 5. The van der Waals surface area contributed by atoms with Gasteiger partial charge in [-0.25, -0.2) is 8.42 Å². The molecule has 1 N–H and O–H groups in total. The molecule has 1 unspecified atom stereocenters. The van der Waals surface area contributed by atoms with Crippen molar-refractivity contribution < 1.29 is 13.2 Å². The van der Waals surface area contributed by atoms with Crippen LogP contribution in [0.5, 0.6) is 0 Å². The number of benzene rings is 2. The third-order valence-electron chi connectivity index (χ3n) is 7.13. The van der Waals surface area contributed by atoms with Gasteiger partial charge >= 0.3 is 0 Å². The molecular formula is C26H30N4O3S. The van der Waals surface area contributed by atoms with Crippen LogP contribution in [-0.2, 0) is 21.7 Å². The predicted octanol–water partition coefficient (Wildman–Crippen LogP) is 5.03. The van der Waals surface area contributed by atoms with Crippen LogP contribution in [0, 0.1) is 5.92 Å². The van der Waals surface area contributed by atoms with Crippen molar-refractivity contribution in [2.45, 2.75) is 54.2 Å². The molecule has 5 rings (SSSR count). The smallest absolute Gasteiger partial charge is 0.233 e. The van der Waals surface area contributed by atoms with Crippen molar-refractivity contribution in [1.29, 1.82) is 0 Å². The van der Waals surface area contributed by atoms with E-state index in [-0.39, 0.29) is 16.7 Å². The summed E-state index contributed by atoms with van der Waals surface area (Å²) in [6.45, 7) is 0. The van der Waals surface area contributed by atoms with Gasteiger partial charge in [0.25, 0.3) is 0 Å². The number of nitrogens with one attached hydrogen (secondary N) is 1. The zero-order chi connectivity index (χ0) is 23.9. The molecule has 3 aromatic rings. The second kappa shape index (κ2) is 8.91. The van der Waals surface area contributed by atoms with Crippen molar-refractivity contribution >= 4 is 32.9 Å². The first-order valence-electron chi connectivity index (χ1n) is 11.9. The quantitative estimate of drug-likeness (QED) is 0.556. The summed E-state index contributed by atoms with van der Waals surface area (Å²) in [5, 5.41) is 7.27. The molecule has 0 spiro atoms. The molecule has 1 aliphatic heterocycles. The number of sulfone groups is 1. The van der Waals surface area contributed by atoms with E-state index in [4.69, 9.17) is 0 Å². The van der Waals surface area contributed by atoms with Crippen LogP contribution in [0.3, 0.4) is 0 Å². The van der Waals surface area contributed by atoms with Crippen LogP contribution in [0.1, 0.15) is 50.0 Å². The average Bonchev–Trinajstić information content (AvgIpc) is 3.26. The van der Waals surface area contributed by atoms with Gasteiger partial charge in [0, 0.05) is 26.4 Å². The normalized spacial score (nSPS) is 18.1. The first-order valence-corrected chi connectivity index (χ1v) is 13.4. The molecule has 1 aliphatic carbocycles. The van der Waals surface area contributed by atoms with Gasteiger partial charge in [-0.15, -0.1) is 0 Å². The van der Waals surface area contributed by atoms with E-state index in [1.54, 1.807) is 35.1 Å². The van der Waals surface area contributed by atoms with E-state index in [1.807, 2.05) is 43.3 Å². The molecule has 178 valence electrons. The number of nitrogens with zero attached hydrogens (tertiary/aromatic N) is 3. The van der Waals surface area contributed by atoms with Gasteiger partial charge in [0.1, 0.15) is 0 Å². The fourth-order valence-electron chi connectivity index (χ4n) is 5.30. The lowest BCUT2D eigenvalue weighted by atomic mass is 9.80. The lowest BCUT2D eigenvalue weighted by Gasteiger charge is -2.31. The Kier molecular flexibility index (Phi) is 5.93. The Balaban J connectivity index is 1.53. The van der Waals surface area contributed by atoms with E-state index >= 15 is 0 Å². The van der Waals surface area contributed by atoms with Crippen molar-refractivity contribution in [2.24, 2.45) is 13.0 Å². The number of para-hydroxylation sites is 1. The Morgan fingerprint density at radius 2 is 1.76 bits per heavy atom. The molecule has 8 heteroatoms. The van der Waals surface area contributed by atoms with E-state index < -0.39 is 9.84 Å². The third-order valence-corrected chi connectivity index (χ3v) is 8.98. The fourth-order valence-corrected chi connectivity index (χ4v) is 6.99. The molecule has 0 radical (unpaired) electrons. The number of aryl methyl sites for hydroxylation is 1. The molecule has 0 bridgehead atoms. The van der Waals surface area contributed by atoms with E-state index in [9.17, 15) is 13.2 Å². The van der Waals surface area contributed by atoms with E-state index in [2.05, 4.69) is 10.4 Å². The van der Waals surface area contributed by atoms with E-state index in [0.717, 1.165) is 24.8 Å². The average molecular weight is 479 g/mol. The number of carbonyl (C=O) groups excluding carboxylic acids is 1. The number of amides is 1. The second-order valence-corrected chi connectivity index (χ2v) is 11.3. The summed E-state index contributed by atoms with van der Waals surface area (Å²) >= 11 is 0. The van der Waals surface area contributed by atoms with Crippen LogP contribution in [0.2, 0.25) is 0 Å². The maximum absolute atomic E-state index is 13.5. The van der Waals surface area contributed by atoms with Crippen LogP contribution >= 0.6 is 0 Å². The zero-order valence-corrected chi connectivity index (χ0v) is 20.4. The van der Waals surface area contributed by atoms with Gasteiger partial charge in [-0.2, -0.15) is 5.10 Å². The molecule has 34 heavy (non-hydrogen) atoms. The van der Waals surface area contributed by atoms with Crippen molar-refractivity contribution in [3.63, 3.8) is 0 Å². The van der Waals surface area contributed by atoms with Gasteiger partial charge < -0.3 is 10.2 Å². The van der Waals surface area contributed by atoms with Gasteiger partial charge in [0.2, 0.25) is 15.7 Å². The lowest BCUT2D eigenvalue weighted by molar-refractivity contribution is -0.118. The second-order valence-electron chi connectivity index (χ2n) is 9.41. The van der Waals surface area contributed by atoms with Crippen LogP contribution < -0.4 is 10.2 Å². The molecule has 2 heterocycles. The molecular weight excluding hydrogens is 448 g/mol. The first kappa shape index (κ1) is 22.7. The highest BCUT2D eigenvalue weighted by Crippen LogP contribution is 2.45. The Morgan fingerprint density at radius 3 is 2.50 bits per heavy atom. The van der Waals surface area contributed by atoms with Crippen molar-refractivity contribution in [3.8, 4) is 0 Å². The summed E-state index contributed by atoms with van der Waals surface area (Å²) in [6.07, 6.45) is 8.43. The van der Waals surface area contributed by atoms with Gasteiger partial charge in [0.15, 0.2) is 5.82 Å². The Morgan fingerprint density at radius 1 is 1.03 bits per heavy atom. The standard InChI is InChI=1S/C26H30N4O3S/c1-29-15-14-25(28-29)27-26(31)20(16-18-8-4-3-5-9-18)19-12-13-24-22(17-19)30(2)21-10-6-7-11-23(21)34(24,32)33/h6-7,10-15,17-18,20H,3-5,8-9,16H2,1-2H3,(H,27,28,31). The van der Waals surface area contributed by atoms with Crippen molar-refractivity contribution in [3.05, 3.63) is 60.3 Å². The highest BCUT2D eigenvalue weighted by Gasteiger charge is 2.34. The van der Waals surface area contributed by atoms with Crippen molar-refractivity contribution in [2.75, 3.05) is 17.3 Å². The minimum atomic E-state index is -3.62. The number of hydrogen-bond donors (Lipinski definition) is 1. The number of rotatable bonds is 5. The SMILES string of the molecule is CN1c2ccccc2S(=O)(=O)c2ccc(C(CC3CCCCC3)C(=O)Nc3ccn(C)n3)cc21. The summed E-state index contributed by atoms with van der Waals surface area (Å²) in [7, 11) is 0.0625. The summed E-state index contributed by atoms with van der Waals surface area (Å²) in [5.74, 6) is 0.508. The van der Waals surface area contributed by atoms with Crippen molar-refractivity contribution in [1.82, 2.24) is 9.78 Å². The topological polar surface area (TPSA) is 84.3 Å². The van der Waals surface area contributed by atoms with Crippen LogP contribution in [-0.4, -0.2) is 31.2 Å². The molecule has 1 atom stereocenters. The maximum Gasteiger partial charge on any atom is 0.233 e. The number of fused-ring (bicyclic) bond motifs is 2. The number of anilines is 3. The maximum atomic E-state index is 13.5. The monoisotopic (exact) mass is 478 g/mol. The van der Waals surface area contributed by atoms with Crippen LogP contribution in [0.15, 0.2) is 64.5 Å². The van der Waals surface area contributed by atoms with Gasteiger partial charge in [-0.3, -0.25) is 9.48 Å². The molecule has 1 fully saturated rings. The van der Waals surface area contributed by atoms with Gasteiger partial charge in [-0.1, -0.05) is 50.3 Å². The first-order chi connectivity index (χ1) is 16.3. The minimum absolute atomic E-state index is 0.106. The molecule has 1 aromatic heterocycles. The minimum Gasteiger partial charge on any atom is -0.342 e. The zero-order valence-electron chi connectivity index (χ0n) is 19.6. The Labute approximate surface area is 200 Å². The molecule has 2 aromatic carbocycles. The number of carbonyl (C=O) groups is 1. The molecule has 0 saturated heterocycles. The van der Waals surface area contributed by atoms with Crippen LogP contribution in [0.4, 0.5) is 17.2 Å². The Bertz CT molecular complexity index is 1330. The van der Waals surface area contributed by atoms with Gasteiger partial charge in [-0.05, 0) is 42.2 Å². The van der Waals surface area contributed by atoms with E-state index in [1.165, 1.54) is 19.3 Å². The highest BCUT2D eigenvalue weighted by molar-refractivity contribution is 7.92. The van der Waals surface area contributed by atoms with E-state index in [0.29, 0.717) is 28.0 Å². The summed E-state index contributed by atoms with van der Waals surface area (Å²) in [6, 6.07) is 14.2. The summed E-state index contributed by atoms with van der Waals surface area (Å²) in [4.78, 5) is 16.0. The predicted molar refractivity (Wildman–Crippen MR) is 132 cm³/mol. The summed E-state index contributed by atoms with van der Waals surface area (Å²) in [5.41, 5.74) is 2.09. The lowest BCUT2D eigenvalue weighted by Crippen LogP contribution is -2.26.